The molecule has 0 unspecified atom stereocenters. The van der Waals surface area contributed by atoms with Crippen molar-refractivity contribution >= 4 is 11.2 Å². The molecular formula is C14H23N5O2. The van der Waals surface area contributed by atoms with Gasteiger partial charge in [0.2, 0.25) is 0 Å². The molecule has 0 radical (unpaired) electrons. The molecule has 7 nitrogen and oxygen atoms in total. The molecule has 0 atom stereocenters. The Bertz CT molecular complexity index is 773. The van der Waals surface area contributed by atoms with Gasteiger partial charge in [-0.05, 0) is 34.6 Å². The van der Waals surface area contributed by atoms with E-state index in [4.69, 9.17) is 5.73 Å². The molecule has 0 fully saturated rings. The summed E-state index contributed by atoms with van der Waals surface area (Å²) in [5.74, 6) is 0. The number of nitrogens with zero attached hydrogens (tertiary/aromatic N) is 4. The molecule has 2 rings (SSSR count). The van der Waals surface area contributed by atoms with Gasteiger partial charge in [0.25, 0.3) is 5.56 Å². The van der Waals surface area contributed by atoms with Gasteiger partial charge in [-0.15, -0.1) is 0 Å². The largest absolute Gasteiger partial charge is 0.332 e. The highest BCUT2D eigenvalue weighted by molar-refractivity contribution is 5.70. The van der Waals surface area contributed by atoms with Gasteiger partial charge in [-0.3, -0.25) is 13.9 Å². The standard InChI is InChI=1S/C14H23N5O2/c1-6-18-12(20)10-11(19(9(2)3)13(18)21)16-8-17(10)7-14(4,5)15/h8-9H,6-7,15H2,1-5H3. The Kier molecular flexibility index (Phi) is 3.79. The summed E-state index contributed by atoms with van der Waals surface area (Å²) >= 11 is 0. The van der Waals surface area contributed by atoms with Crippen molar-refractivity contribution in [3.63, 3.8) is 0 Å². The molecule has 0 spiro atoms. The predicted molar refractivity (Wildman–Crippen MR) is 82.6 cm³/mol. The molecule has 116 valence electrons. The Morgan fingerprint density at radius 2 is 1.95 bits per heavy atom. The Morgan fingerprint density at radius 1 is 1.33 bits per heavy atom. The van der Waals surface area contributed by atoms with Crippen molar-refractivity contribution in [2.45, 2.75) is 59.3 Å². The van der Waals surface area contributed by atoms with Crippen LogP contribution in [0.1, 0.15) is 40.7 Å². The number of hydrogen-bond donors (Lipinski definition) is 1. The minimum absolute atomic E-state index is 0.0763. The first-order valence-corrected chi connectivity index (χ1v) is 7.16. The summed E-state index contributed by atoms with van der Waals surface area (Å²) in [5, 5.41) is 0. The van der Waals surface area contributed by atoms with Crippen LogP contribution in [0, 0.1) is 0 Å². The molecule has 0 saturated heterocycles. The van der Waals surface area contributed by atoms with Crippen molar-refractivity contribution < 1.29 is 0 Å². The van der Waals surface area contributed by atoms with Gasteiger partial charge in [0.1, 0.15) is 0 Å². The molecule has 2 N–H and O–H groups in total. The SMILES string of the molecule is CCn1c(=O)c2c(ncn2CC(C)(C)N)n(C(C)C)c1=O. The van der Waals surface area contributed by atoms with Crippen LogP contribution in [0.5, 0.6) is 0 Å². The summed E-state index contributed by atoms with van der Waals surface area (Å²) in [4.78, 5) is 29.3. The molecule has 0 bridgehead atoms. The van der Waals surface area contributed by atoms with Crippen molar-refractivity contribution in [1.29, 1.82) is 0 Å². The molecule has 0 aliphatic carbocycles. The third-order valence-electron chi connectivity index (χ3n) is 3.34. The fourth-order valence-electron chi connectivity index (χ4n) is 2.51. The fraction of sp³-hybridized carbons (Fsp3) is 0.643. The maximum absolute atomic E-state index is 12.6. The number of imidazole rings is 1. The highest BCUT2D eigenvalue weighted by Crippen LogP contribution is 2.13. The number of aromatic nitrogens is 4. The van der Waals surface area contributed by atoms with Crippen molar-refractivity contribution in [3.05, 3.63) is 27.2 Å². The summed E-state index contributed by atoms with van der Waals surface area (Å²) in [6, 6.07) is -0.0763. The molecule has 0 saturated carbocycles. The summed E-state index contributed by atoms with van der Waals surface area (Å²) < 4.78 is 4.53. The molecule has 2 aromatic rings. The van der Waals surface area contributed by atoms with Crippen LogP contribution in [-0.4, -0.2) is 24.2 Å². The second kappa shape index (κ2) is 5.14. The maximum atomic E-state index is 12.6. The van der Waals surface area contributed by atoms with Crippen molar-refractivity contribution in [2.24, 2.45) is 5.73 Å². The summed E-state index contributed by atoms with van der Waals surface area (Å²) in [5.41, 5.74) is 5.80. The second-order valence-electron chi connectivity index (χ2n) is 6.33. The molecule has 0 aromatic carbocycles. The average molecular weight is 293 g/mol. The fourth-order valence-corrected chi connectivity index (χ4v) is 2.51. The number of rotatable bonds is 4. The zero-order valence-corrected chi connectivity index (χ0v) is 13.3. The van der Waals surface area contributed by atoms with Gasteiger partial charge >= 0.3 is 5.69 Å². The van der Waals surface area contributed by atoms with E-state index in [1.165, 1.54) is 4.57 Å². The van der Waals surface area contributed by atoms with Gasteiger partial charge in [0, 0.05) is 24.7 Å². The maximum Gasteiger partial charge on any atom is 0.332 e. The first-order chi connectivity index (χ1) is 9.67. The Labute approximate surface area is 123 Å². The number of hydrogen-bond acceptors (Lipinski definition) is 4. The Hall–Kier alpha value is -1.89. The number of fused-ring (bicyclic) bond motifs is 1. The first kappa shape index (κ1) is 15.5. The highest BCUT2D eigenvalue weighted by atomic mass is 16.2. The molecule has 7 heteroatoms. The van der Waals surface area contributed by atoms with E-state index in [0.717, 1.165) is 0 Å². The van der Waals surface area contributed by atoms with Crippen LogP contribution in [0.4, 0.5) is 0 Å². The van der Waals surface area contributed by atoms with E-state index in [2.05, 4.69) is 4.98 Å². The minimum Gasteiger partial charge on any atom is -0.324 e. The number of nitrogens with two attached hydrogens (primary N) is 1. The highest BCUT2D eigenvalue weighted by Gasteiger charge is 2.21. The van der Waals surface area contributed by atoms with Crippen LogP contribution in [0.3, 0.4) is 0 Å². The lowest BCUT2D eigenvalue weighted by Crippen LogP contribution is -2.42. The molecule has 0 aliphatic heterocycles. The van der Waals surface area contributed by atoms with E-state index in [1.807, 2.05) is 27.7 Å². The average Bonchev–Trinajstić information content (AvgIpc) is 2.70. The molecular weight excluding hydrogens is 270 g/mol. The van der Waals surface area contributed by atoms with Crippen molar-refractivity contribution in [1.82, 2.24) is 18.7 Å². The van der Waals surface area contributed by atoms with Crippen LogP contribution >= 0.6 is 0 Å². The molecule has 2 heterocycles. The predicted octanol–water partition coefficient (Wildman–Crippen LogP) is 0.698. The summed E-state index contributed by atoms with van der Waals surface area (Å²) in [6.07, 6.45) is 1.58. The van der Waals surface area contributed by atoms with Crippen LogP contribution in [0.15, 0.2) is 15.9 Å². The van der Waals surface area contributed by atoms with Crippen LogP contribution in [0.2, 0.25) is 0 Å². The van der Waals surface area contributed by atoms with Gasteiger partial charge < -0.3 is 10.3 Å². The lowest BCUT2D eigenvalue weighted by atomic mass is 10.1. The van der Waals surface area contributed by atoms with Crippen LogP contribution < -0.4 is 17.0 Å². The van der Waals surface area contributed by atoms with E-state index in [0.29, 0.717) is 24.3 Å². The first-order valence-electron chi connectivity index (χ1n) is 7.16. The second-order valence-corrected chi connectivity index (χ2v) is 6.33. The van der Waals surface area contributed by atoms with Gasteiger partial charge in [-0.1, -0.05) is 0 Å². The van der Waals surface area contributed by atoms with E-state index in [1.54, 1.807) is 22.4 Å². The quantitative estimate of drug-likeness (QED) is 0.898. The normalized spacial score (nSPS) is 12.5. The third-order valence-corrected chi connectivity index (χ3v) is 3.34. The minimum atomic E-state index is -0.476. The van der Waals surface area contributed by atoms with E-state index in [9.17, 15) is 9.59 Å². The lowest BCUT2D eigenvalue weighted by Gasteiger charge is -2.20. The lowest BCUT2D eigenvalue weighted by molar-refractivity contribution is 0.438. The van der Waals surface area contributed by atoms with E-state index >= 15 is 0 Å². The molecule has 0 aliphatic rings. The third kappa shape index (κ3) is 2.65. The zero-order valence-electron chi connectivity index (χ0n) is 13.3. The molecule has 0 amide bonds. The van der Waals surface area contributed by atoms with Gasteiger partial charge in [0.15, 0.2) is 11.2 Å². The summed E-state index contributed by atoms with van der Waals surface area (Å²) in [6.45, 7) is 10.1. The monoisotopic (exact) mass is 293 g/mol. The van der Waals surface area contributed by atoms with E-state index in [-0.39, 0.29) is 17.3 Å². The molecule has 2 aromatic heterocycles. The van der Waals surface area contributed by atoms with Crippen LogP contribution in [0.25, 0.3) is 11.2 Å². The van der Waals surface area contributed by atoms with Gasteiger partial charge in [-0.25, -0.2) is 9.78 Å². The smallest absolute Gasteiger partial charge is 0.324 e. The van der Waals surface area contributed by atoms with Gasteiger partial charge in [-0.2, -0.15) is 0 Å². The molecule has 21 heavy (non-hydrogen) atoms. The van der Waals surface area contributed by atoms with Gasteiger partial charge in [0.05, 0.1) is 6.33 Å². The Balaban J connectivity index is 2.88. The Morgan fingerprint density at radius 3 is 2.43 bits per heavy atom. The van der Waals surface area contributed by atoms with Crippen LogP contribution in [-0.2, 0) is 13.1 Å². The van der Waals surface area contributed by atoms with E-state index < -0.39 is 5.54 Å². The topological polar surface area (TPSA) is 87.8 Å². The van der Waals surface area contributed by atoms with Crippen molar-refractivity contribution in [2.75, 3.05) is 0 Å². The zero-order chi connectivity index (χ0) is 15.9. The van der Waals surface area contributed by atoms with Crippen molar-refractivity contribution in [3.8, 4) is 0 Å². The summed E-state index contributed by atoms with van der Waals surface area (Å²) in [7, 11) is 0.